The molecule has 0 aliphatic carbocycles. The molecule has 0 aliphatic heterocycles. The standard InChI is InChI=1S/Cd.2H2O.Ti/h;2*1H2;. The third kappa shape index (κ3) is 9.59. The summed E-state index contributed by atoms with van der Waals surface area (Å²) in [5.74, 6) is 0. The predicted octanol–water partition coefficient (Wildman–Crippen LogP) is -1.65. The van der Waals surface area contributed by atoms with E-state index in [1.165, 1.54) is 0 Å². The van der Waals surface area contributed by atoms with Gasteiger partial charge in [-0.1, -0.05) is 0 Å². The van der Waals surface area contributed by atoms with Crippen LogP contribution >= 0.6 is 0 Å². The molecule has 0 aliphatic rings. The fraction of sp³-hybridized carbons (Fsp3) is 0. The minimum absolute atomic E-state index is 0. The molecule has 0 radical (unpaired) electrons. The van der Waals surface area contributed by atoms with Crippen LogP contribution in [-0.4, -0.2) is 11.0 Å². The quantitative estimate of drug-likeness (QED) is 0.417. The van der Waals surface area contributed by atoms with Gasteiger partial charge in [0.15, 0.2) is 0 Å². The van der Waals surface area contributed by atoms with Crippen molar-refractivity contribution in [2.75, 3.05) is 0 Å². The van der Waals surface area contributed by atoms with Crippen molar-refractivity contribution in [1.29, 1.82) is 0 Å². The van der Waals surface area contributed by atoms with Crippen molar-refractivity contribution in [2.24, 2.45) is 0 Å². The van der Waals surface area contributed by atoms with Gasteiger partial charge in [0.1, 0.15) is 0 Å². The average Bonchev–Trinajstić information content (AvgIpc) is 0. The molecule has 0 spiro atoms. The molecular weight excluding hydrogens is 192 g/mol. The van der Waals surface area contributed by atoms with Crippen LogP contribution in [0.15, 0.2) is 0 Å². The van der Waals surface area contributed by atoms with E-state index in [4.69, 9.17) is 0 Å². The van der Waals surface area contributed by atoms with E-state index in [2.05, 4.69) is 0 Å². The van der Waals surface area contributed by atoms with Crippen molar-refractivity contribution < 1.29 is 60.0 Å². The second kappa shape index (κ2) is 23.8. The van der Waals surface area contributed by atoms with E-state index in [0.29, 0.717) is 0 Å². The van der Waals surface area contributed by atoms with E-state index >= 15 is 0 Å². The smallest absolute Gasteiger partial charge is 0 e. The molecule has 4 heavy (non-hydrogen) atoms. The first-order valence-electron chi connectivity index (χ1n) is 0. The van der Waals surface area contributed by atoms with Gasteiger partial charge in [-0.3, -0.25) is 0 Å². The van der Waals surface area contributed by atoms with Gasteiger partial charge in [0, 0.05) is 49.0 Å². The minimum Gasteiger partial charge on any atom is -0.412 e. The molecule has 0 unspecified atom stereocenters. The zero-order valence-electron chi connectivity index (χ0n) is 2.21. The molecule has 0 saturated heterocycles. The Labute approximate surface area is 59.6 Å². The van der Waals surface area contributed by atoms with Crippen LogP contribution in [0.3, 0.4) is 0 Å². The Bertz CT molecular complexity index is 6.00. The molecule has 0 bridgehead atoms. The van der Waals surface area contributed by atoms with Crippen molar-refractivity contribution in [3.8, 4) is 0 Å². The summed E-state index contributed by atoms with van der Waals surface area (Å²) in [5.41, 5.74) is 0. The summed E-state index contributed by atoms with van der Waals surface area (Å²) in [6, 6.07) is 0. The summed E-state index contributed by atoms with van der Waals surface area (Å²) in [5, 5.41) is 0. The summed E-state index contributed by atoms with van der Waals surface area (Å²) < 4.78 is 0. The fourth-order valence-electron chi connectivity index (χ4n) is 0. The van der Waals surface area contributed by atoms with Crippen molar-refractivity contribution >= 4 is 0 Å². The van der Waals surface area contributed by atoms with Crippen LogP contribution < -0.4 is 0 Å². The van der Waals surface area contributed by atoms with E-state index in [-0.39, 0.29) is 60.0 Å². The van der Waals surface area contributed by atoms with Gasteiger partial charge in [-0.25, -0.2) is 0 Å². The molecule has 22 valence electrons. The third-order valence-electron chi connectivity index (χ3n) is 0. The van der Waals surface area contributed by atoms with Crippen LogP contribution in [0.25, 0.3) is 0 Å². The van der Waals surface area contributed by atoms with Gasteiger partial charge in [-0.05, 0) is 0 Å². The topological polar surface area (TPSA) is 63.0 Å². The second-order valence-corrected chi connectivity index (χ2v) is 0. The maximum atomic E-state index is 0. The molecule has 0 atom stereocenters. The van der Waals surface area contributed by atoms with Crippen molar-refractivity contribution in [2.45, 2.75) is 0 Å². The first-order valence-corrected chi connectivity index (χ1v) is 0. The Morgan fingerprint density at radius 2 is 0.750 bits per heavy atom. The predicted molar refractivity (Wildman–Crippen MR) is 7.23 cm³/mol. The summed E-state index contributed by atoms with van der Waals surface area (Å²) in [4.78, 5) is 0. The van der Waals surface area contributed by atoms with Crippen molar-refractivity contribution in [1.82, 2.24) is 0 Å². The van der Waals surface area contributed by atoms with Crippen molar-refractivity contribution in [3.05, 3.63) is 0 Å². The fourth-order valence-corrected chi connectivity index (χ4v) is 0. The Morgan fingerprint density at radius 3 is 0.750 bits per heavy atom. The van der Waals surface area contributed by atoms with Crippen LogP contribution in [-0.2, 0) is 49.0 Å². The second-order valence-electron chi connectivity index (χ2n) is 0. The van der Waals surface area contributed by atoms with Crippen LogP contribution in [0.4, 0.5) is 0 Å². The first-order chi connectivity index (χ1) is 0. The summed E-state index contributed by atoms with van der Waals surface area (Å²) in [7, 11) is 0. The molecule has 4 heteroatoms. The van der Waals surface area contributed by atoms with Gasteiger partial charge in [0.25, 0.3) is 0 Å². The zero-order valence-corrected chi connectivity index (χ0v) is 7.80. The van der Waals surface area contributed by atoms with Gasteiger partial charge < -0.3 is 11.0 Å². The Hall–Kier alpha value is 1.56. The van der Waals surface area contributed by atoms with E-state index < -0.39 is 0 Å². The summed E-state index contributed by atoms with van der Waals surface area (Å²) >= 11 is 0. The summed E-state index contributed by atoms with van der Waals surface area (Å²) in [6.45, 7) is 0. The van der Waals surface area contributed by atoms with Crippen LogP contribution in [0.1, 0.15) is 0 Å². The van der Waals surface area contributed by atoms with E-state index in [9.17, 15) is 0 Å². The largest absolute Gasteiger partial charge is 0.412 e. The monoisotopic (exact) mass is 198 g/mol. The van der Waals surface area contributed by atoms with Gasteiger partial charge in [-0.2, -0.15) is 0 Å². The van der Waals surface area contributed by atoms with Crippen LogP contribution in [0, 0.1) is 0 Å². The molecule has 2 nitrogen and oxygen atoms in total. The average molecular weight is 196 g/mol. The molecule has 0 aromatic carbocycles. The molecule has 0 saturated carbocycles. The maximum Gasteiger partial charge on any atom is 0 e. The Kier molecular flexibility index (Phi) is 283. The van der Waals surface area contributed by atoms with Gasteiger partial charge in [-0.15, -0.1) is 0 Å². The molecule has 0 rings (SSSR count). The minimum atomic E-state index is 0. The first kappa shape index (κ1) is 47.6. The third-order valence-corrected chi connectivity index (χ3v) is 0. The molecule has 0 aromatic rings. The number of rotatable bonds is 0. The van der Waals surface area contributed by atoms with Crippen molar-refractivity contribution in [3.63, 3.8) is 0 Å². The van der Waals surface area contributed by atoms with Gasteiger partial charge >= 0.3 is 0 Å². The molecule has 0 heterocycles. The molecule has 0 fully saturated rings. The molecule has 4 N–H and O–H groups in total. The maximum absolute atomic E-state index is 0. The van der Waals surface area contributed by atoms with Crippen LogP contribution in [0.2, 0.25) is 0 Å². The number of hydrogen-bond acceptors (Lipinski definition) is 0. The van der Waals surface area contributed by atoms with Gasteiger partial charge in [0.05, 0.1) is 0 Å². The molecule has 0 amide bonds. The van der Waals surface area contributed by atoms with E-state index in [0.717, 1.165) is 0 Å². The van der Waals surface area contributed by atoms with E-state index in [1.54, 1.807) is 0 Å². The SMILES string of the molecule is O.O.[Cd].[Ti]. The Morgan fingerprint density at radius 1 is 0.750 bits per heavy atom. The summed E-state index contributed by atoms with van der Waals surface area (Å²) in [6.07, 6.45) is 0. The zero-order chi connectivity index (χ0) is 0. The number of hydrogen-bond donors (Lipinski definition) is 0. The van der Waals surface area contributed by atoms with Gasteiger partial charge in [0.2, 0.25) is 0 Å². The normalized spacial score (nSPS) is 0. The van der Waals surface area contributed by atoms with E-state index in [1.807, 2.05) is 0 Å². The van der Waals surface area contributed by atoms with Crippen LogP contribution in [0.5, 0.6) is 0 Å². The molecular formula is H4CdO2Ti. The Balaban J connectivity index is 0. The molecule has 0 aromatic heterocycles.